The van der Waals surface area contributed by atoms with E-state index in [-0.39, 0.29) is 6.61 Å². The van der Waals surface area contributed by atoms with Crippen LogP contribution in [0, 0.1) is 5.92 Å². The fourth-order valence-corrected chi connectivity index (χ4v) is 1.47. The van der Waals surface area contributed by atoms with Gasteiger partial charge in [-0.2, -0.15) is 0 Å². The Hall–Kier alpha value is -1.06. The standard InChI is InChI=1S/C14H23NO2/c1-12(2)6-9-17-14-5-3-4-13(10-14)11-15-7-8-16/h3-5,10,12,15-16H,6-9,11H2,1-2H3. The van der Waals surface area contributed by atoms with Gasteiger partial charge in [0.25, 0.3) is 0 Å². The van der Waals surface area contributed by atoms with Gasteiger partial charge in [0, 0.05) is 13.1 Å². The van der Waals surface area contributed by atoms with Crippen LogP contribution in [0.4, 0.5) is 0 Å². The van der Waals surface area contributed by atoms with Crippen LogP contribution in [0.15, 0.2) is 24.3 Å². The SMILES string of the molecule is CC(C)CCOc1cccc(CNCCO)c1. The third-order valence-electron chi connectivity index (χ3n) is 2.48. The minimum atomic E-state index is 0.171. The van der Waals surface area contributed by atoms with Crippen LogP contribution in [0.1, 0.15) is 25.8 Å². The second kappa shape index (κ2) is 8.09. The van der Waals surface area contributed by atoms with Gasteiger partial charge in [-0.1, -0.05) is 26.0 Å². The minimum Gasteiger partial charge on any atom is -0.494 e. The van der Waals surface area contributed by atoms with Crippen LogP contribution in [-0.4, -0.2) is 24.9 Å². The average molecular weight is 237 g/mol. The first-order valence-corrected chi connectivity index (χ1v) is 6.25. The van der Waals surface area contributed by atoms with Crippen LogP contribution < -0.4 is 10.1 Å². The highest BCUT2D eigenvalue weighted by Crippen LogP contribution is 2.14. The molecule has 0 saturated carbocycles. The van der Waals surface area contributed by atoms with Crippen molar-refractivity contribution in [3.05, 3.63) is 29.8 Å². The number of rotatable bonds is 8. The van der Waals surface area contributed by atoms with E-state index in [9.17, 15) is 0 Å². The molecule has 0 atom stereocenters. The van der Waals surface area contributed by atoms with Gasteiger partial charge in [-0.25, -0.2) is 0 Å². The summed E-state index contributed by atoms with van der Waals surface area (Å²) in [6.45, 7) is 6.72. The molecule has 0 aliphatic rings. The summed E-state index contributed by atoms with van der Waals surface area (Å²) in [5.74, 6) is 1.60. The molecule has 1 aromatic carbocycles. The summed E-state index contributed by atoms with van der Waals surface area (Å²) in [7, 11) is 0. The van der Waals surface area contributed by atoms with E-state index in [0.717, 1.165) is 25.3 Å². The van der Waals surface area contributed by atoms with Gasteiger partial charge in [0.05, 0.1) is 13.2 Å². The van der Waals surface area contributed by atoms with E-state index in [2.05, 4.69) is 25.2 Å². The lowest BCUT2D eigenvalue weighted by Crippen LogP contribution is -2.17. The molecule has 0 fully saturated rings. The molecule has 17 heavy (non-hydrogen) atoms. The summed E-state index contributed by atoms with van der Waals surface area (Å²) < 4.78 is 5.69. The quantitative estimate of drug-likeness (QED) is 0.681. The van der Waals surface area contributed by atoms with E-state index >= 15 is 0 Å². The Labute approximate surface area is 104 Å². The number of hydrogen-bond acceptors (Lipinski definition) is 3. The maximum Gasteiger partial charge on any atom is 0.119 e. The van der Waals surface area contributed by atoms with Gasteiger partial charge >= 0.3 is 0 Å². The molecule has 0 aromatic heterocycles. The van der Waals surface area contributed by atoms with Crippen LogP contribution in [0.5, 0.6) is 5.75 Å². The monoisotopic (exact) mass is 237 g/mol. The van der Waals surface area contributed by atoms with Crippen LogP contribution >= 0.6 is 0 Å². The van der Waals surface area contributed by atoms with Gasteiger partial charge in [0.1, 0.15) is 5.75 Å². The van der Waals surface area contributed by atoms with E-state index in [1.54, 1.807) is 0 Å². The molecule has 96 valence electrons. The molecule has 0 bridgehead atoms. The van der Waals surface area contributed by atoms with Gasteiger partial charge in [0.2, 0.25) is 0 Å². The zero-order valence-electron chi connectivity index (χ0n) is 10.8. The first-order chi connectivity index (χ1) is 8.22. The Morgan fingerprint density at radius 1 is 1.35 bits per heavy atom. The van der Waals surface area contributed by atoms with Gasteiger partial charge in [-0.3, -0.25) is 0 Å². The van der Waals surface area contributed by atoms with Crippen molar-refractivity contribution in [2.75, 3.05) is 19.8 Å². The number of ether oxygens (including phenoxy) is 1. The molecule has 2 N–H and O–H groups in total. The maximum absolute atomic E-state index is 8.68. The van der Waals surface area contributed by atoms with Gasteiger partial charge in [0.15, 0.2) is 0 Å². The van der Waals surface area contributed by atoms with Crippen molar-refractivity contribution >= 4 is 0 Å². The molecule has 1 rings (SSSR count). The summed E-state index contributed by atoms with van der Waals surface area (Å²) in [5.41, 5.74) is 1.18. The lowest BCUT2D eigenvalue weighted by atomic mass is 10.1. The smallest absolute Gasteiger partial charge is 0.119 e. The fourth-order valence-electron chi connectivity index (χ4n) is 1.47. The van der Waals surface area contributed by atoms with Crippen molar-refractivity contribution in [2.24, 2.45) is 5.92 Å². The topological polar surface area (TPSA) is 41.5 Å². The summed E-state index contributed by atoms with van der Waals surface area (Å²) in [6, 6.07) is 8.08. The van der Waals surface area contributed by atoms with E-state index < -0.39 is 0 Å². The minimum absolute atomic E-state index is 0.171. The summed E-state index contributed by atoms with van der Waals surface area (Å²) >= 11 is 0. The lowest BCUT2D eigenvalue weighted by Gasteiger charge is -2.09. The van der Waals surface area contributed by atoms with E-state index in [1.807, 2.05) is 18.2 Å². The molecule has 0 aliphatic carbocycles. The van der Waals surface area contributed by atoms with E-state index in [4.69, 9.17) is 9.84 Å². The second-order valence-corrected chi connectivity index (χ2v) is 4.58. The number of benzene rings is 1. The molecule has 3 nitrogen and oxygen atoms in total. The third kappa shape index (κ3) is 6.29. The van der Waals surface area contributed by atoms with Crippen molar-refractivity contribution in [1.29, 1.82) is 0 Å². The van der Waals surface area contributed by atoms with Crippen LogP contribution in [0.3, 0.4) is 0 Å². The summed E-state index contributed by atoms with van der Waals surface area (Å²) in [6.07, 6.45) is 1.08. The highest BCUT2D eigenvalue weighted by molar-refractivity contribution is 5.28. The third-order valence-corrected chi connectivity index (χ3v) is 2.48. The lowest BCUT2D eigenvalue weighted by molar-refractivity contribution is 0.288. The van der Waals surface area contributed by atoms with Crippen molar-refractivity contribution in [3.63, 3.8) is 0 Å². The summed E-state index contributed by atoms with van der Waals surface area (Å²) in [4.78, 5) is 0. The first kappa shape index (κ1) is 14.0. The van der Waals surface area contributed by atoms with Crippen molar-refractivity contribution in [1.82, 2.24) is 5.32 Å². The van der Waals surface area contributed by atoms with Crippen molar-refractivity contribution in [2.45, 2.75) is 26.8 Å². The average Bonchev–Trinajstić information content (AvgIpc) is 2.29. The summed E-state index contributed by atoms with van der Waals surface area (Å²) in [5, 5.41) is 11.8. The second-order valence-electron chi connectivity index (χ2n) is 4.58. The van der Waals surface area contributed by atoms with Crippen LogP contribution in [-0.2, 0) is 6.54 Å². The number of aliphatic hydroxyl groups excluding tert-OH is 1. The van der Waals surface area contributed by atoms with Gasteiger partial charge in [-0.05, 0) is 30.0 Å². The normalized spacial score (nSPS) is 10.8. The Morgan fingerprint density at radius 3 is 2.88 bits per heavy atom. The number of nitrogens with one attached hydrogen (secondary N) is 1. The van der Waals surface area contributed by atoms with Gasteiger partial charge < -0.3 is 15.2 Å². The number of hydrogen-bond donors (Lipinski definition) is 2. The van der Waals surface area contributed by atoms with Crippen LogP contribution in [0.2, 0.25) is 0 Å². The van der Waals surface area contributed by atoms with Crippen molar-refractivity contribution in [3.8, 4) is 5.75 Å². The van der Waals surface area contributed by atoms with E-state index in [1.165, 1.54) is 5.56 Å². The predicted octanol–water partition coefficient (Wildman–Crippen LogP) is 2.19. The zero-order chi connectivity index (χ0) is 12.5. The molecule has 0 saturated heterocycles. The molecule has 0 radical (unpaired) electrons. The molecule has 1 aromatic rings. The molecule has 0 spiro atoms. The molecular weight excluding hydrogens is 214 g/mol. The molecule has 0 aliphatic heterocycles. The molecule has 0 heterocycles. The fraction of sp³-hybridized carbons (Fsp3) is 0.571. The molecule has 0 unspecified atom stereocenters. The highest BCUT2D eigenvalue weighted by atomic mass is 16.5. The Morgan fingerprint density at radius 2 is 2.18 bits per heavy atom. The molecular formula is C14H23NO2. The van der Waals surface area contributed by atoms with Crippen LogP contribution in [0.25, 0.3) is 0 Å². The zero-order valence-corrected chi connectivity index (χ0v) is 10.8. The van der Waals surface area contributed by atoms with Crippen molar-refractivity contribution < 1.29 is 9.84 Å². The van der Waals surface area contributed by atoms with Gasteiger partial charge in [-0.15, -0.1) is 0 Å². The first-order valence-electron chi connectivity index (χ1n) is 6.25. The Kier molecular flexibility index (Phi) is 6.67. The predicted molar refractivity (Wildman–Crippen MR) is 70.2 cm³/mol. The molecule has 3 heteroatoms. The molecule has 0 amide bonds. The largest absolute Gasteiger partial charge is 0.494 e. The maximum atomic E-state index is 8.68. The number of aliphatic hydroxyl groups is 1. The van der Waals surface area contributed by atoms with E-state index in [0.29, 0.717) is 12.5 Å². The highest BCUT2D eigenvalue weighted by Gasteiger charge is 1.98. The Balaban J connectivity index is 2.37. The Bertz CT molecular complexity index is 313.